The van der Waals surface area contributed by atoms with Crippen molar-refractivity contribution in [1.29, 1.82) is 0 Å². The van der Waals surface area contributed by atoms with E-state index in [-0.39, 0.29) is 11.8 Å². The van der Waals surface area contributed by atoms with E-state index in [0.29, 0.717) is 19.4 Å². The molecule has 162 valence electrons. The van der Waals surface area contributed by atoms with Gasteiger partial charge in [0, 0.05) is 29.2 Å². The minimum absolute atomic E-state index is 0.0631. The molecular formula is C24H28N4O2S. The van der Waals surface area contributed by atoms with E-state index in [1.807, 2.05) is 66.4 Å². The van der Waals surface area contributed by atoms with Crippen LogP contribution < -0.4 is 5.32 Å². The average molecular weight is 437 g/mol. The maximum atomic E-state index is 13.0. The monoisotopic (exact) mass is 436 g/mol. The first-order chi connectivity index (χ1) is 15.0. The van der Waals surface area contributed by atoms with E-state index in [0.717, 1.165) is 42.0 Å². The van der Waals surface area contributed by atoms with E-state index in [1.165, 1.54) is 4.88 Å². The van der Waals surface area contributed by atoms with Crippen LogP contribution in [-0.4, -0.2) is 39.1 Å². The summed E-state index contributed by atoms with van der Waals surface area (Å²) in [5, 5.41) is 9.52. The van der Waals surface area contributed by atoms with Crippen LogP contribution in [0, 0.1) is 13.8 Å². The molecule has 0 radical (unpaired) electrons. The molecule has 2 aromatic heterocycles. The number of carbonyl (C=O) groups excluding carboxylic acids is 2. The molecule has 0 bridgehead atoms. The van der Waals surface area contributed by atoms with Crippen molar-refractivity contribution in [3.05, 3.63) is 64.1 Å². The summed E-state index contributed by atoms with van der Waals surface area (Å²) in [6.07, 6.45) is 3.80. The molecule has 1 fully saturated rings. The third kappa shape index (κ3) is 5.05. The SMILES string of the molecule is Cc1cc(C)n(-c2ccc(NC(=O)C3CCCCN3C(=O)CCc3cccs3)cc2)n1. The number of benzene rings is 1. The van der Waals surface area contributed by atoms with Crippen molar-refractivity contribution >= 4 is 28.8 Å². The van der Waals surface area contributed by atoms with E-state index < -0.39 is 6.04 Å². The zero-order chi connectivity index (χ0) is 21.8. The number of likely N-dealkylation sites (tertiary alicyclic amines) is 1. The quantitative estimate of drug-likeness (QED) is 0.619. The molecule has 3 aromatic rings. The Labute approximate surface area is 186 Å². The molecule has 1 aromatic carbocycles. The molecule has 0 spiro atoms. The summed E-state index contributed by atoms with van der Waals surface area (Å²) in [6, 6.07) is 13.3. The van der Waals surface area contributed by atoms with Crippen molar-refractivity contribution in [2.24, 2.45) is 0 Å². The molecule has 1 atom stereocenters. The van der Waals surface area contributed by atoms with E-state index in [4.69, 9.17) is 0 Å². The number of anilines is 1. The summed E-state index contributed by atoms with van der Waals surface area (Å²) >= 11 is 1.67. The van der Waals surface area contributed by atoms with Crippen molar-refractivity contribution in [1.82, 2.24) is 14.7 Å². The Bertz CT molecular complexity index is 1040. The molecule has 4 rings (SSSR count). The standard InChI is InChI=1S/C24H28N4O2S/c1-17-16-18(2)28(26-17)20-10-8-19(9-11-20)25-24(30)22-7-3-4-14-27(22)23(29)13-12-21-6-5-15-31-21/h5-6,8-11,15-16,22H,3-4,7,12-14H2,1-2H3,(H,25,30). The normalized spacial score (nSPS) is 16.3. The van der Waals surface area contributed by atoms with Gasteiger partial charge >= 0.3 is 0 Å². The van der Waals surface area contributed by atoms with Gasteiger partial charge in [0.15, 0.2) is 0 Å². The van der Waals surface area contributed by atoms with Crippen molar-refractivity contribution < 1.29 is 9.59 Å². The highest BCUT2D eigenvalue weighted by Gasteiger charge is 2.31. The fourth-order valence-corrected chi connectivity index (χ4v) is 4.84. The molecule has 31 heavy (non-hydrogen) atoms. The van der Waals surface area contributed by atoms with Gasteiger partial charge in [0.2, 0.25) is 11.8 Å². The first kappa shape index (κ1) is 21.3. The molecule has 1 aliphatic rings. The zero-order valence-electron chi connectivity index (χ0n) is 18.0. The predicted octanol–water partition coefficient (Wildman–Crippen LogP) is 4.50. The predicted molar refractivity (Wildman–Crippen MR) is 124 cm³/mol. The summed E-state index contributed by atoms with van der Waals surface area (Å²) in [7, 11) is 0. The fraction of sp³-hybridized carbons (Fsp3) is 0.375. The second-order valence-electron chi connectivity index (χ2n) is 8.05. The van der Waals surface area contributed by atoms with Crippen molar-refractivity contribution in [2.75, 3.05) is 11.9 Å². The highest BCUT2D eigenvalue weighted by molar-refractivity contribution is 7.09. The summed E-state index contributed by atoms with van der Waals surface area (Å²) < 4.78 is 1.88. The minimum atomic E-state index is -0.403. The molecule has 1 N–H and O–H groups in total. The number of rotatable bonds is 6. The van der Waals surface area contributed by atoms with Crippen molar-refractivity contribution in [3.63, 3.8) is 0 Å². The van der Waals surface area contributed by atoms with Gasteiger partial charge in [-0.05, 0) is 81.3 Å². The summed E-state index contributed by atoms with van der Waals surface area (Å²) in [4.78, 5) is 28.8. The molecule has 7 heteroatoms. The van der Waals surface area contributed by atoms with Crippen molar-refractivity contribution in [2.45, 2.75) is 52.0 Å². The maximum absolute atomic E-state index is 13.0. The Hall–Kier alpha value is -2.93. The molecule has 1 saturated heterocycles. The number of carbonyl (C=O) groups is 2. The number of hydrogen-bond donors (Lipinski definition) is 1. The van der Waals surface area contributed by atoms with Crippen LogP contribution in [-0.2, 0) is 16.0 Å². The Morgan fingerprint density at radius 2 is 1.97 bits per heavy atom. The van der Waals surface area contributed by atoms with E-state index in [2.05, 4.69) is 10.4 Å². The van der Waals surface area contributed by atoms with Gasteiger partial charge in [-0.3, -0.25) is 9.59 Å². The van der Waals surface area contributed by atoms with E-state index in [1.54, 1.807) is 16.2 Å². The number of hydrogen-bond acceptors (Lipinski definition) is 4. The van der Waals surface area contributed by atoms with Gasteiger partial charge < -0.3 is 10.2 Å². The summed E-state index contributed by atoms with van der Waals surface area (Å²) in [6.45, 7) is 4.64. The second kappa shape index (κ2) is 9.47. The molecule has 0 saturated carbocycles. The lowest BCUT2D eigenvalue weighted by Crippen LogP contribution is -2.50. The van der Waals surface area contributed by atoms with Crippen LogP contribution in [0.4, 0.5) is 5.69 Å². The average Bonchev–Trinajstić information content (AvgIpc) is 3.41. The molecule has 3 heterocycles. The van der Waals surface area contributed by atoms with Crippen LogP contribution in [0.2, 0.25) is 0 Å². The lowest BCUT2D eigenvalue weighted by molar-refractivity contribution is -0.140. The van der Waals surface area contributed by atoms with Crippen molar-refractivity contribution in [3.8, 4) is 5.69 Å². The maximum Gasteiger partial charge on any atom is 0.247 e. The number of amides is 2. The Kier molecular flexibility index (Phi) is 6.51. The number of aryl methyl sites for hydroxylation is 3. The third-order valence-electron chi connectivity index (χ3n) is 5.68. The van der Waals surface area contributed by atoms with Gasteiger partial charge in [-0.2, -0.15) is 5.10 Å². The first-order valence-corrected chi connectivity index (χ1v) is 11.7. The number of nitrogens with one attached hydrogen (secondary N) is 1. The fourth-order valence-electron chi connectivity index (χ4n) is 4.13. The van der Waals surface area contributed by atoms with Gasteiger partial charge in [0.1, 0.15) is 6.04 Å². The van der Waals surface area contributed by atoms with Crippen LogP contribution in [0.15, 0.2) is 47.8 Å². The topological polar surface area (TPSA) is 67.2 Å². The minimum Gasteiger partial charge on any atom is -0.331 e. The lowest BCUT2D eigenvalue weighted by atomic mass is 10.0. The smallest absolute Gasteiger partial charge is 0.247 e. The molecule has 1 unspecified atom stereocenters. The van der Waals surface area contributed by atoms with Gasteiger partial charge in [0.05, 0.1) is 11.4 Å². The van der Waals surface area contributed by atoms with Crippen LogP contribution in [0.25, 0.3) is 5.69 Å². The zero-order valence-corrected chi connectivity index (χ0v) is 18.8. The molecule has 2 amide bonds. The van der Waals surface area contributed by atoms with Gasteiger partial charge in [0.25, 0.3) is 0 Å². The Morgan fingerprint density at radius 3 is 2.65 bits per heavy atom. The highest BCUT2D eigenvalue weighted by atomic mass is 32.1. The van der Waals surface area contributed by atoms with Gasteiger partial charge in [-0.25, -0.2) is 4.68 Å². The van der Waals surface area contributed by atoms with E-state index in [9.17, 15) is 9.59 Å². The summed E-state index contributed by atoms with van der Waals surface area (Å²) in [5.41, 5.74) is 3.71. The molecule has 1 aliphatic heterocycles. The summed E-state index contributed by atoms with van der Waals surface area (Å²) in [5.74, 6) is -0.0452. The third-order valence-corrected chi connectivity index (χ3v) is 6.62. The van der Waals surface area contributed by atoms with Gasteiger partial charge in [-0.1, -0.05) is 6.07 Å². The highest BCUT2D eigenvalue weighted by Crippen LogP contribution is 2.22. The molecule has 6 nitrogen and oxygen atoms in total. The number of aromatic nitrogens is 2. The van der Waals surface area contributed by atoms with E-state index >= 15 is 0 Å². The van der Waals surface area contributed by atoms with Gasteiger partial charge in [-0.15, -0.1) is 11.3 Å². The molecule has 0 aliphatic carbocycles. The van der Waals surface area contributed by atoms with Crippen LogP contribution in [0.5, 0.6) is 0 Å². The second-order valence-corrected chi connectivity index (χ2v) is 9.09. The number of piperidine rings is 1. The van der Waals surface area contributed by atoms with Crippen LogP contribution in [0.3, 0.4) is 0 Å². The lowest BCUT2D eigenvalue weighted by Gasteiger charge is -2.34. The number of nitrogens with zero attached hydrogens (tertiary/aromatic N) is 3. The number of thiophene rings is 1. The van der Waals surface area contributed by atoms with Crippen LogP contribution >= 0.6 is 11.3 Å². The Morgan fingerprint density at radius 1 is 1.16 bits per heavy atom. The molecular weight excluding hydrogens is 408 g/mol. The largest absolute Gasteiger partial charge is 0.331 e. The Balaban J connectivity index is 1.40. The van der Waals surface area contributed by atoms with Crippen LogP contribution in [0.1, 0.15) is 41.9 Å². The first-order valence-electron chi connectivity index (χ1n) is 10.8.